The maximum absolute atomic E-state index is 13.0. The fourth-order valence-corrected chi connectivity index (χ4v) is 5.49. The average Bonchev–Trinajstić information content (AvgIpc) is 3.11. The lowest BCUT2D eigenvalue weighted by molar-refractivity contribution is -0.385. The first-order valence-electron chi connectivity index (χ1n) is 10.2. The van der Waals surface area contributed by atoms with Crippen LogP contribution in [0, 0.1) is 10.1 Å². The van der Waals surface area contributed by atoms with Crippen LogP contribution in [0.25, 0.3) is 11.0 Å². The van der Waals surface area contributed by atoms with E-state index >= 15 is 0 Å². The molecule has 164 valence electrons. The van der Waals surface area contributed by atoms with Gasteiger partial charge in [0.25, 0.3) is 11.2 Å². The Balaban J connectivity index is 1.74. The first-order valence-corrected chi connectivity index (χ1v) is 11.6. The van der Waals surface area contributed by atoms with Crippen LogP contribution in [-0.4, -0.2) is 44.9 Å². The lowest BCUT2D eigenvalue weighted by atomic mass is 10.2. The van der Waals surface area contributed by atoms with Crippen molar-refractivity contribution in [1.29, 1.82) is 0 Å². The standard InChI is InChI=1S/C20H23N5O5S/c1-2-24-18-8-7-16(31(29,30)23-10-4-3-5-11-23)12-17(18)21-19(24)14-22-13-15(25(27)28)6-9-20(22)26/h6-9,12-13H,2-5,10-11,14H2,1H3. The number of nitro groups is 1. The third-order valence-corrected chi connectivity index (χ3v) is 7.45. The highest BCUT2D eigenvalue weighted by Gasteiger charge is 2.26. The minimum Gasteiger partial charge on any atom is -0.327 e. The molecule has 0 aliphatic carbocycles. The summed E-state index contributed by atoms with van der Waals surface area (Å²) in [6.07, 6.45) is 3.93. The third-order valence-electron chi connectivity index (χ3n) is 5.56. The van der Waals surface area contributed by atoms with Gasteiger partial charge >= 0.3 is 0 Å². The zero-order chi connectivity index (χ0) is 22.2. The normalized spacial score (nSPS) is 15.4. The second-order valence-electron chi connectivity index (χ2n) is 7.50. The van der Waals surface area contributed by atoms with Crippen LogP contribution in [0.5, 0.6) is 0 Å². The fraction of sp³-hybridized carbons (Fsp3) is 0.400. The Labute approximate surface area is 178 Å². The number of imidazole rings is 1. The van der Waals surface area contributed by atoms with E-state index in [-0.39, 0.29) is 22.7 Å². The van der Waals surface area contributed by atoms with Crippen molar-refractivity contribution in [1.82, 2.24) is 18.4 Å². The van der Waals surface area contributed by atoms with E-state index in [9.17, 15) is 23.3 Å². The van der Waals surface area contributed by atoms with Crippen LogP contribution in [0.3, 0.4) is 0 Å². The van der Waals surface area contributed by atoms with Crippen molar-refractivity contribution in [2.24, 2.45) is 0 Å². The maximum atomic E-state index is 13.0. The number of nitrogens with zero attached hydrogens (tertiary/aromatic N) is 5. The molecule has 0 saturated carbocycles. The van der Waals surface area contributed by atoms with E-state index in [0.29, 0.717) is 31.0 Å². The van der Waals surface area contributed by atoms with E-state index in [1.165, 1.54) is 21.1 Å². The number of fused-ring (bicyclic) bond motifs is 1. The van der Waals surface area contributed by atoms with Gasteiger partial charge in [-0.1, -0.05) is 6.42 Å². The highest BCUT2D eigenvalue weighted by molar-refractivity contribution is 7.89. The molecule has 3 heterocycles. The van der Waals surface area contributed by atoms with Gasteiger partial charge in [-0.25, -0.2) is 13.4 Å². The summed E-state index contributed by atoms with van der Waals surface area (Å²) in [6.45, 7) is 3.54. The second kappa shape index (κ2) is 8.23. The van der Waals surface area contributed by atoms with E-state index in [2.05, 4.69) is 4.98 Å². The van der Waals surface area contributed by atoms with Crippen LogP contribution in [-0.2, 0) is 23.1 Å². The van der Waals surface area contributed by atoms with E-state index in [4.69, 9.17) is 0 Å². The van der Waals surface area contributed by atoms with Crippen LogP contribution < -0.4 is 5.56 Å². The van der Waals surface area contributed by atoms with Crippen LogP contribution >= 0.6 is 0 Å². The summed E-state index contributed by atoms with van der Waals surface area (Å²) in [5.41, 5.74) is 0.685. The maximum Gasteiger partial charge on any atom is 0.285 e. The SMILES string of the molecule is CCn1c(Cn2cc([N+](=O)[O-])ccc2=O)nc2cc(S(=O)(=O)N3CCCCC3)ccc21. The Kier molecular flexibility index (Phi) is 5.63. The van der Waals surface area contributed by atoms with E-state index in [0.717, 1.165) is 30.8 Å². The molecule has 0 atom stereocenters. The van der Waals surface area contributed by atoms with Crippen molar-refractivity contribution in [3.63, 3.8) is 0 Å². The van der Waals surface area contributed by atoms with E-state index < -0.39 is 14.9 Å². The van der Waals surface area contributed by atoms with Gasteiger partial charge in [-0.05, 0) is 38.0 Å². The number of piperidine rings is 1. The molecule has 3 aromatic rings. The molecule has 0 spiro atoms. The Bertz CT molecular complexity index is 1310. The molecule has 1 aliphatic heterocycles. The second-order valence-corrected chi connectivity index (χ2v) is 9.44. The van der Waals surface area contributed by atoms with Crippen molar-refractivity contribution in [3.05, 3.63) is 62.8 Å². The summed E-state index contributed by atoms with van der Waals surface area (Å²) >= 11 is 0. The van der Waals surface area contributed by atoms with Gasteiger partial charge in [0, 0.05) is 31.8 Å². The van der Waals surface area contributed by atoms with Gasteiger partial charge in [-0.2, -0.15) is 4.31 Å². The first-order chi connectivity index (χ1) is 14.8. The zero-order valence-corrected chi connectivity index (χ0v) is 17.9. The predicted molar refractivity (Wildman–Crippen MR) is 114 cm³/mol. The Morgan fingerprint density at radius 1 is 1.13 bits per heavy atom. The highest BCUT2D eigenvalue weighted by atomic mass is 32.2. The van der Waals surface area contributed by atoms with E-state index in [1.54, 1.807) is 18.2 Å². The van der Waals surface area contributed by atoms with Crippen LogP contribution in [0.2, 0.25) is 0 Å². The van der Waals surface area contributed by atoms with Crippen LogP contribution in [0.1, 0.15) is 32.0 Å². The van der Waals surface area contributed by atoms with Crippen LogP contribution in [0.15, 0.2) is 46.2 Å². The topological polar surface area (TPSA) is 120 Å². The van der Waals surface area contributed by atoms with Gasteiger partial charge in [0.1, 0.15) is 5.82 Å². The minimum atomic E-state index is -3.59. The molecule has 0 unspecified atom stereocenters. The van der Waals surface area contributed by atoms with Crippen molar-refractivity contribution in [2.45, 2.75) is 44.2 Å². The summed E-state index contributed by atoms with van der Waals surface area (Å²) in [5.74, 6) is 0.521. The lowest BCUT2D eigenvalue weighted by Crippen LogP contribution is -2.35. The number of pyridine rings is 1. The van der Waals surface area contributed by atoms with Crippen molar-refractivity contribution >= 4 is 26.7 Å². The first kappa shape index (κ1) is 21.2. The number of aryl methyl sites for hydroxylation is 1. The number of rotatable bonds is 6. The molecule has 11 heteroatoms. The van der Waals surface area contributed by atoms with Crippen LogP contribution in [0.4, 0.5) is 5.69 Å². The zero-order valence-electron chi connectivity index (χ0n) is 17.1. The van der Waals surface area contributed by atoms with E-state index in [1.807, 2.05) is 11.5 Å². The third kappa shape index (κ3) is 3.98. The Morgan fingerprint density at radius 3 is 2.55 bits per heavy atom. The molecular formula is C20H23N5O5S. The predicted octanol–water partition coefficient (Wildman–Crippen LogP) is 2.35. The summed E-state index contributed by atoms with van der Waals surface area (Å²) < 4.78 is 30.6. The van der Waals surface area contributed by atoms with Gasteiger partial charge in [0.2, 0.25) is 10.0 Å². The van der Waals surface area contributed by atoms with Gasteiger partial charge in [-0.3, -0.25) is 14.9 Å². The molecule has 1 aliphatic rings. The lowest BCUT2D eigenvalue weighted by Gasteiger charge is -2.25. The van der Waals surface area contributed by atoms with Crippen molar-refractivity contribution in [3.8, 4) is 0 Å². The Morgan fingerprint density at radius 2 is 1.87 bits per heavy atom. The number of aromatic nitrogens is 3. The van der Waals surface area contributed by atoms with Gasteiger partial charge in [0.15, 0.2) is 0 Å². The molecule has 0 N–H and O–H groups in total. The monoisotopic (exact) mass is 445 g/mol. The number of hydrogen-bond donors (Lipinski definition) is 0. The Hall–Kier alpha value is -3.05. The fourth-order valence-electron chi connectivity index (χ4n) is 3.95. The van der Waals surface area contributed by atoms with Gasteiger partial charge in [-0.15, -0.1) is 0 Å². The largest absolute Gasteiger partial charge is 0.327 e. The van der Waals surface area contributed by atoms with Crippen molar-refractivity contribution < 1.29 is 13.3 Å². The quantitative estimate of drug-likeness (QED) is 0.424. The summed E-state index contributed by atoms with van der Waals surface area (Å²) in [4.78, 5) is 27.4. The molecule has 10 nitrogen and oxygen atoms in total. The number of hydrogen-bond acceptors (Lipinski definition) is 6. The minimum absolute atomic E-state index is 0.0389. The summed E-state index contributed by atoms with van der Waals surface area (Å²) in [6, 6.07) is 7.19. The summed E-state index contributed by atoms with van der Waals surface area (Å²) in [7, 11) is -3.59. The number of sulfonamides is 1. The smallest absolute Gasteiger partial charge is 0.285 e. The highest BCUT2D eigenvalue weighted by Crippen LogP contribution is 2.25. The van der Waals surface area contributed by atoms with Gasteiger partial charge < -0.3 is 9.13 Å². The number of benzene rings is 1. The average molecular weight is 446 g/mol. The molecule has 0 bridgehead atoms. The molecule has 1 saturated heterocycles. The molecule has 1 aromatic carbocycles. The summed E-state index contributed by atoms with van der Waals surface area (Å²) in [5, 5.41) is 11.1. The van der Waals surface area contributed by atoms with Gasteiger partial charge in [0.05, 0.1) is 33.6 Å². The molecule has 0 radical (unpaired) electrons. The molecule has 2 aromatic heterocycles. The van der Waals surface area contributed by atoms with Crippen molar-refractivity contribution in [2.75, 3.05) is 13.1 Å². The molecule has 4 rings (SSSR count). The molecule has 1 fully saturated rings. The molecular weight excluding hydrogens is 422 g/mol. The molecule has 0 amide bonds. The molecule has 31 heavy (non-hydrogen) atoms.